The Hall–Kier alpha value is -2.75. The number of fused-ring (bicyclic) bond motifs is 1. The van der Waals surface area contributed by atoms with Crippen molar-refractivity contribution in [3.8, 4) is 0 Å². The predicted octanol–water partition coefficient (Wildman–Crippen LogP) is 5.46. The molecule has 3 aromatic carbocycles. The molecule has 0 aromatic heterocycles. The molecule has 1 saturated carbocycles. The number of hydrogen-bond donors (Lipinski definition) is 0. The van der Waals surface area contributed by atoms with Gasteiger partial charge < -0.3 is 4.74 Å². The summed E-state index contributed by atoms with van der Waals surface area (Å²) in [5.41, 5.74) is -0.722. The minimum atomic E-state index is -4.15. The molecule has 5 rings (SSSR count). The maximum atomic E-state index is 14.1. The van der Waals surface area contributed by atoms with Gasteiger partial charge in [-0.2, -0.15) is 0 Å². The molecule has 6 nitrogen and oxygen atoms in total. The van der Waals surface area contributed by atoms with Crippen molar-refractivity contribution in [2.75, 3.05) is 6.61 Å². The van der Waals surface area contributed by atoms with E-state index in [1.165, 1.54) is 30.3 Å². The molecule has 9 heteroatoms. The first-order valence-corrected chi connectivity index (χ1v) is 15.6. The summed E-state index contributed by atoms with van der Waals surface area (Å²) in [6.07, 6.45) is 1.29. The standard InChI is InChI=1S/C28H25BrO6S2/c1-2-35-26(30)27-17-24(20-13-15-21(29)16-14-20)25(36(31,32)22-9-5-3-6-10-22)18-28(27,19-27)37(33,34)23-11-7-4-8-12-23/h3-16,18,24H,2,17,19H2,1H3/t24-,27-,28-/m1/s1. The van der Waals surface area contributed by atoms with E-state index in [-0.39, 0.29) is 34.1 Å². The second-order valence-corrected chi connectivity index (χ2v) is 14.4. The number of sulfone groups is 2. The molecule has 2 aliphatic rings. The van der Waals surface area contributed by atoms with Crippen LogP contribution < -0.4 is 0 Å². The highest BCUT2D eigenvalue weighted by atomic mass is 79.9. The number of ether oxygens (including phenoxy) is 1. The zero-order valence-corrected chi connectivity index (χ0v) is 23.2. The Morgan fingerprint density at radius 2 is 1.46 bits per heavy atom. The van der Waals surface area contributed by atoms with E-state index in [4.69, 9.17) is 4.74 Å². The van der Waals surface area contributed by atoms with E-state index in [9.17, 15) is 21.6 Å². The molecule has 0 amide bonds. The topological polar surface area (TPSA) is 94.6 Å². The van der Waals surface area contributed by atoms with Crippen molar-refractivity contribution in [3.63, 3.8) is 0 Å². The minimum absolute atomic E-state index is 0.00255. The molecule has 3 atom stereocenters. The van der Waals surface area contributed by atoms with Crippen molar-refractivity contribution in [1.29, 1.82) is 0 Å². The molecule has 0 bridgehead atoms. The molecule has 0 unspecified atom stereocenters. The second-order valence-electron chi connectivity index (χ2n) is 9.36. The molecule has 192 valence electrons. The van der Waals surface area contributed by atoms with Gasteiger partial charge in [0.25, 0.3) is 0 Å². The number of carbonyl (C=O) groups excluding carboxylic acids is 1. The fraction of sp³-hybridized carbons (Fsp3) is 0.250. The number of carbonyl (C=O) groups is 1. The smallest absolute Gasteiger partial charge is 0.314 e. The zero-order chi connectivity index (χ0) is 26.5. The van der Waals surface area contributed by atoms with E-state index in [1.807, 2.05) is 0 Å². The number of benzene rings is 3. The van der Waals surface area contributed by atoms with Crippen molar-refractivity contribution < 1.29 is 26.4 Å². The monoisotopic (exact) mass is 600 g/mol. The molecular formula is C28H25BrO6S2. The minimum Gasteiger partial charge on any atom is -0.466 e. The van der Waals surface area contributed by atoms with Crippen LogP contribution in [0, 0.1) is 5.41 Å². The lowest BCUT2D eigenvalue weighted by Gasteiger charge is -2.33. The van der Waals surface area contributed by atoms with Crippen LogP contribution in [-0.2, 0) is 29.2 Å². The molecular weight excluding hydrogens is 576 g/mol. The first-order valence-electron chi connectivity index (χ1n) is 11.8. The lowest BCUT2D eigenvalue weighted by Crippen LogP contribution is -2.40. The van der Waals surface area contributed by atoms with Crippen molar-refractivity contribution in [2.24, 2.45) is 5.41 Å². The van der Waals surface area contributed by atoms with Crippen molar-refractivity contribution >= 4 is 41.6 Å². The first-order chi connectivity index (χ1) is 17.6. The Bertz CT molecular complexity index is 1580. The number of esters is 1. The van der Waals surface area contributed by atoms with Crippen LogP contribution in [-0.4, -0.2) is 34.2 Å². The maximum absolute atomic E-state index is 14.1. The van der Waals surface area contributed by atoms with Gasteiger partial charge in [-0.05, 0) is 67.8 Å². The van der Waals surface area contributed by atoms with Gasteiger partial charge in [0.2, 0.25) is 9.84 Å². The number of halogens is 1. The Kier molecular flexibility index (Phi) is 6.45. The molecule has 0 spiro atoms. The highest BCUT2D eigenvalue weighted by molar-refractivity contribution is 9.10. The molecule has 2 aliphatic carbocycles. The molecule has 0 radical (unpaired) electrons. The van der Waals surface area contributed by atoms with Crippen molar-refractivity contribution in [2.45, 2.75) is 40.2 Å². The summed E-state index contributed by atoms with van der Waals surface area (Å²) in [5, 5.41) is 0. The average molecular weight is 602 g/mol. The van der Waals surface area contributed by atoms with Crippen LogP contribution in [0.2, 0.25) is 0 Å². The molecule has 0 saturated heterocycles. The summed E-state index contributed by atoms with van der Waals surface area (Å²) < 4.78 is 60.7. The zero-order valence-electron chi connectivity index (χ0n) is 20.0. The van der Waals surface area contributed by atoms with E-state index in [0.29, 0.717) is 5.56 Å². The van der Waals surface area contributed by atoms with Crippen LogP contribution >= 0.6 is 15.9 Å². The van der Waals surface area contributed by atoms with E-state index in [2.05, 4.69) is 15.9 Å². The summed E-state index contributed by atoms with van der Waals surface area (Å²) in [4.78, 5) is 13.5. The van der Waals surface area contributed by atoms with Crippen molar-refractivity contribution in [1.82, 2.24) is 0 Å². The quantitative estimate of drug-likeness (QED) is 0.334. The molecule has 3 aromatic rings. The third-order valence-electron chi connectivity index (χ3n) is 7.36. The Morgan fingerprint density at radius 3 is 2.03 bits per heavy atom. The normalized spacial score (nSPS) is 25.0. The molecule has 0 aliphatic heterocycles. The van der Waals surface area contributed by atoms with E-state index in [0.717, 1.165) is 4.47 Å². The van der Waals surface area contributed by atoms with Gasteiger partial charge in [0.1, 0.15) is 4.75 Å². The van der Waals surface area contributed by atoms with Crippen LogP contribution in [0.5, 0.6) is 0 Å². The van der Waals surface area contributed by atoms with Gasteiger partial charge in [-0.3, -0.25) is 4.79 Å². The maximum Gasteiger partial charge on any atom is 0.314 e. The van der Waals surface area contributed by atoms with Gasteiger partial charge in [0, 0.05) is 10.4 Å². The van der Waals surface area contributed by atoms with Gasteiger partial charge in [0.05, 0.1) is 26.7 Å². The van der Waals surface area contributed by atoms with Crippen LogP contribution in [0.1, 0.15) is 31.2 Å². The Labute approximate surface area is 225 Å². The third-order valence-corrected chi connectivity index (χ3v) is 12.3. The van der Waals surface area contributed by atoms with Crippen LogP contribution in [0.15, 0.2) is 110 Å². The fourth-order valence-corrected chi connectivity index (χ4v) is 9.85. The summed E-state index contributed by atoms with van der Waals surface area (Å²) in [7, 11) is -8.23. The fourth-order valence-electron chi connectivity index (χ4n) is 5.43. The Balaban J connectivity index is 1.78. The van der Waals surface area contributed by atoms with Crippen LogP contribution in [0.4, 0.5) is 0 Å². The number of allylic oxidation sites excluding steroid dienone is 1. The van der Waals surface area contributed by atoms with E-state index < -0.39 is 41.7 Å². The van der Waals surface area contributed by atoms with E-state index >= 15 is 0 Å². The van der Waals surface area contributed by atoms with E-state index in [1.54, 1.807) is 67.6 Å². The Morgan fingerprint density at radius 1 is 0.892 bits per heavy atom. The van der Waals surface area contributed by atoms with Crippen LogP contribution in [0.25, 0.3) is 0 Å². The van der Waals surface area contributed by atoms with Gasteiger partial charge in [-0.1, -0.05) is 64.5 Å². The molecule has 0 heterocycles. The highest BCUT2D eigenvalue weighted by Crippen LogP contribution is 2.72. The molecule has 0 N–H and O–H groups in total. The molecule has 1 fully saturated rings. The average Bonchev–Trinajstić information content (AvgIpc) is 3.61. The van der Waals surface area contributed by atoms with Gasteiger partial charge in [-0.15, -0.1) is 0 Å². The lowest BCUT2D eigenvalue weighted by atomic mass is 9.81. The summed E-state index contributed by atoms with van der Waals surface area (Å²) in [6.45, 7) is 1.75. The predicted molar refractivity (Wildman–Crippen MR) is 143 cm³/mol. The van der Waals surface area contributed by atoms with Gasteiger partial charge >= 0.3 is 5.97 Å². The highest BCUT2D eigenvalue weighted by Gasteiger charge is 2.80. The largest absolute Gasteiger partial charge is 0.466 e. The number of rotatable bonds is 7. The SMILES string of the molecule is CCOC(=O)[C@]12C[C@H](c3ccc(Br)cc3)C(S(=O)(=O)c3ccccc3)=C[C@@]1(S(=O)(=O)c1ccccc1)C2. The van der Waals surface area contributed by atoms with Gasteiger partial charge in [0.15, 0.2) is 9.84 Å². The molecule has 37 heavy (non-hydrogen) atoms. The summed E-state index contributed by atoms with van der Waals surface area (Å²) in [5.74, 6) is -1.35. The lowest BCUT2D eigenvalue weighted by molar-refractivity contribution is -0.150. The van der Waals surface area contributed by atoms with Crippen LogP contribution in [0.3, 0.4) is 0 Å². The summed E-state index contributed by atoms with van der Waals surface area (Å²) >= 11 is 3.41. The first kappa shape index (κ1) is 25.9. The van der Waals surface area contributed by atoms with Crippen molar-refractivity contribution in [3.05, 3.63) is 106 Å². The second kappa shape index (κ2) is 9.22. The van der Waals surface area contributed by atoms with Gasteiger partial charge in [-0.25, -0.2) is 16.8 Å². The number of hydrogen-bond acceptors (Lipinski definition) is 6. The third kappa shape index (κ3) is 3.99. The summed E-state index contributed by atoms with van der Waals surface area (Å²) in [6, 6.07) is 23.0.